The molecule has 0 heterocycles. The predicted octanol–water partition coefficient (Wildman–Crippen LogP) is 1.65. The van der Waals surface area contributed by atoms with Crippen LogP contribution in [0.15, 0.2) is 11.7 Å². The molecule has 0 aromatic carbocycles. The highest BCUT2D eigenvalue weighted by molar-refractivity contribution is 7.80. The van der Waals surface area contributed by atoms with Gasteiger partial charge in [0.25, 0.3) is 0 Å². The van der Waals surface area contributed by atoms with Crippen LogP contribution in [-0.2, 0) is 0 Å². The van der Waals surface area contributed by atoms with E-state index in [1.807, 2.05) is 0 Å². The first-order valence-corrected chi connectivity index (χ1v) is 2.58. The van der Waals surface area contributed by atoms with E-state index in [0.717, 1.165) is 0 Å². The third-order valence-electron chi connectivity index (χ3n) is 0.313. The minimum atomic E-state index is 0.594. The Labute approximate surface area is 53.4 Å². The second-order valence-corrected chi connectivity index (χ2v) is 1.77. The molecule has 1 radical (unpaired) electrons. The Kier molecular flexibility index (Phi) is 4.04. The van der Waals surface area contributed by atoms with Gasteiger partial charge in [-0.1, -0.05) is 23.8 Å². The van der Waals surface area contributed by atoms with Gasteiger partial charge in [0.15, 0.2) is 0 Å². The van der Waals surface area contributed by atoms with Gasteiger partial charge in [0.05, 0.1) is 4.99 Å². The van der Waals surface area contributed by atoms with E-state index >= 15 is 0 Å². The van der Waals surface area contributed by atoms with E-state index in [1.165, 1.54) is 11.7 Å². The molecular weight excluding hydrogens is 130 g/mol. The Balaban J connectivity index is 3.14. The average molecular weight is 135 g/mol. The van der Waals surface area contributed by atoms with Gasteiger partial charge in [-0.3, -0.25) is 0 Å². The standard InChI is InChI=1S/C4H5ClNS/c1-4(7)6-3-2-5/h2-3H,1H3/b3-2+. The molecule has 0 aromatic rings. The van der Waals surface area contributed by atoms with Crippen molar-refractivity contribution in [2.45, 2.75) is 6.92 Å². The Hall–Kier alpha value is -0.0800. The maximum absolute atomic E-state index is 5.11. The molecule has 0 bridgehead atoms. The summed E-state index contributed by atoms with van der Waals surface area (Å²) in [5, 5.41) is 3.66. The van der Waals surface area contributed by atoms with Crippen molar-refractivity contribution in [3.05, 3.63) is 11.7 Å². The maximum Gasteiger partial charge on any atom is 0.0998 e. The fourth-order valence-corrected chi connectivity index (χ4v) is 0.250. The van der Waals surface area contributed by atoms with Gasteiger partial charge in [-0.2, -0.15) is 0 Å². The van der Waals surface area contributed by atoms with Crippen molar-refractivity contribution in [2.75, 3.05) is 0 Å². The quantitative estimate of drug-likeness (QED) is 0.498. The monoisotopic (exact) mass is 134 g/mol. The molecule has 7 heavy (non-hydrogen) atoms. The van der Waals surface area contributed by atoms with Crippen molar-refractivity contribution in [1.82, 2.24) is 5.32 Å². The van der Waals surface area contributed by atoms with Gasteiger partial charge in [0.1, 0.15) is 0 Å². The highest BCUT2D eigenvalue weighted by Crippen LogP contribution is 1.76. The molecule has 0 N–H and O–H groups in total. The normalized spacial score (nSPS) is 9.43. The molecule has 0 amide bonds. The van der Waals surface area contributed by atoms with Crippen molar-refractivity contribution in [3.63, 3.8) is 0 Å². The Bertz CT molecular complexity index is 89.7. The second-order valence-electron chi connectivity index (χ2n) is 0.923. The first-order chi connectivity index (χ1) is 3.27. The zero-order valence-electron chi connectivity index (χ0n) is 3.89. The number of thiocarbonyl (C=S) groups is 1. The Morgan fingerprint density at radius 1 is 1.86 bits per heavy atom. The van der Waals surface area contributed by atoms with Crippen molar-refractivity contribution >= 4 is 28.8 Å². The molecule has 0 aliphatic carbocycles. The van der Waals surface area contributed by atoms with Crippen LogP contribution in [-0.4, -0.2) is 4.99 Å². The van der Waals surface area contributed by atoms with Gasteiger partial charge in [0.2, 0.25) is 0 Å². The van der Waals surface area contributed by atoms with Gasteiger partial charge < -0.3 is 0 Å². The van der Waals surface area contributed by atoms with Crippen LogP contribution in [0.3, 0.4) is 0 Å². The highest BCUT2D eigenvalue weighted by Gasteiger charge is 1.76. The zero-order chi connectivity index (χ0) is 5.70. The van der Waals surface area contributed by atoms with Crippen molar-refractivity contribution in [2.24, 2.45) is 0 Å². The number of hydrogen-bond acceptors (Lipinski definition) is 1. The Morgan fingerprint density at radius 3 is 2.57 bits per heavy atom. The minimum Gasteiger partial charge on any atom is -0.249 e. The third-order valence-corrected chi connectivity index (χ3v) is 0.531. The summed E-state index contributed by atoms with van der Waals surface area (Å²) < 4.78 is 0. The maximum atomic E-state index is 5.11. The van der Waals surface area contributed by atoms with Crippen LogP contribution in [0.5, 0.6) is 0 Å². The molecule has 3 heteroatoms. The molecule has 0 rings (SSSR count). The van der Waals surface area contributed by atoms with Crippen LogP contribution in [0.1, 0.15) is 6.92 Å². The van der Waals surface area contributed by atoms with Gasteiger partial charge in [0, 0.05) is 11.7 Å². The van der Waals surface area contributed by atoms with Crippen LogP contribution in [0.25, 0.3) is 0 Å². The molecule has 0 saturated heterocycles. The summed E-state index contributed by atoms with van der Waals surface area (Å²) in [4.78, 5) is 0.594. The lowest BCUT2D eigenvalue weighted by Gasteiger charge is -1.83. The van der Waals surface area contributed by atoms with Crippen LogP contribution >= 0.6 is 23.8 Å². The van der Waals surface area contributed by atoms with E-state index in [2.05, 4.69) is 17.5 Å². The zero-order valence-corrected chi connectivity index (χ0v) is 5.46. The first kappa shape index (κ1) is 6.92. The molecular formula is C4H5ClNS. The molecule has 0 spiro atoms. The van der Waals surface area contributed by atoms with Gasteiger partial charge in [-0.15, -0.1) is 0 Å². The molecule has 0 fully saturated rings. The van der Waals surface area contributed by atoms with E-state index in [-0.39, 0.29) is 0 Å². The first-order valence-electron chi connectivity index (χ1n) is 1.74. The van der Waals surface area contributed by atoms with Gasteiger partial charge in [-0.05, 0) is 6.92 Å². The van der Waals surface area contributed by atoms with Crippen LogP contribution < -0.4 is 5.32 Å². The van der Waals surface area contributed by atoms with E-state index in [1.54, 1.807) is 6.92 Å². The van der Waals surface area contributed by atoms with Crippen molar-refractivity contribution in [1.29, 1.82) is 0 Å². The lowest BCUT2D eigenvalue weighted by molar-refractivity contribution is 1.28. The largest absolute Gasteiger partial charge is 0.249 e. The summed E-state index contributed by atoms with van der Waals surface area (Å²) in [5.41, 5.74) is 1.32. The van der Waals surface area contributed by atoms with Crippen LogP contribution in [0.2, 0.25) is 0 Å². The second kappa shape index (κ2) is 4.09. The smallest absolute Gasteiger partial charge is 0.0998 e. The van der Waals surface area contributed by atoms with E-state index < -0.39 is 0 Å². The van der Waals surface area contributed by atoms with E-state index in [0.29, 0.717) is 4.99 Å². The molecule has 1 nitrogen and oxygen atoms in total. The summed E-state index contributed by atoms with van der Waals surface area (Å²) in [6, 6.07) is 0. The topological polar surface area (TPSA) is 14.1 Å². The summed E-state index contributed by atoms with van der Waals surface area (Å²) in [6.45, 7) is 1.73. The third kappa shape index (κ3) is 5.92. The summed E-state index contributed by atoms with van der Waals surface area (Å²) in [5.74, 6) is 0. The van der Waals surface area contributed by atoms with Crippen LogP contribution in [0, 0.1) is 0 Å². The van der Waals surface area contributed by atoms with Gasteiger partial charge >= 0.3 is 0 Å². The summed E-state index contributed by atoms with van der Waals surface area (Å²) in [7, 11) is 0. The number of rotatable bonds is 1. The molecule has 0 atom stereocenters. The molecule has 39 valence electrons. The summed E-state index contributed by atoms with van der Waals surface area (Å²) in [6.07, 6.45) is 1.45. The Morgan fingerprint density at radius 2 is 2.43 bits per heavy atom. The fourth-order valence-electron chi connectivity index (χ4n) is 0.133. The number of halogens is 1. The fraction of sp³-hybridized carbons (Fsp3) is 0.250. The number of hydrogen-bond donors (Lipinski definition) is 0. The average Bonchev–Trinajstić information content (AvgIpc) is 1.61. The number of nitrogens with zero attached hydrogens (tertiary/aromatic N) is 1. The van der Waals surface area contributed by atoms with Crippen molar-refractivity contribution in [3.8, 4) is 0 Å². The minimum absolute atomic E-state index is 0.594. The predicted molar refractivity (Wildman–Crippen MR) is 35.4 cm³/mol. The molecule has 0 aliphatic heterocycles. The molecule has 0 unspecified atom stereocenters. The highest BCUT2D eigenvalue weighted by atomic mass is 35.5. The lowest BCUT2D eigenvalue weighted by atomic mass is 10.7. The molecule has 0 aromatic heterocycles. The van der Waals surface area contributed by atoms with E-state index in [4.69, 9.17) is 11.6 Å². The summed E-state index contributed by atoms with van der Waals surface area (Å²) >= 11 is 9.70. The van der Waals surface area contributed by atoms with Crippen molar-refractivity contribution < 1.29 is 0 Å². The lowest BCUT2D eigenvalue weighted by Crippen LogP contribution is -1.98. The molecule has 0 saturated carbocycles. The van der Waals surface area contributed by atoms with Crippen LogP contribution in [0.4, 0.5) is 0 Å². The SMILES string of the molecule is CC(=S)[N]/C=C/Cl. The van der Waals surface area contributed by atoms with Gasteiger partial charge in [-0.25, -0.2) is 5.32 Å². The van der Waals surface area contributed by atoms with E-state index in [9.17, 15) is 0 Å². The molecule has 0 aliphatic rings.